The highest BCUT2D eigenvalue weighted by Crippen LogP contribution is 1.91. The largest absolute Gasteiger partial charge is 0.478 e. The molecule has 0 fully saturated rings. The molecule has 0 aromatic heterocycles. The second-order valence-electron chi connectivity index (χ2n) is 3.91. The van der Waals surface area contributed by atoms with Gasteiger partial charge in [-0.25, -0.2) is 4.79 Å². The highest BCUT2D eigenvalue weighted by Gasteiger charge is 1.97. The molecule has 0 atom stereocenters. The number of rotatable bonds is 8. The van der Waals surface area contributed by atoms with Gasteiger partial charge < -0.3 is 15.3 Å². The van der Waals surface area contributed by atoms with Crippen LogP contribution in [0.5, 0.6) is 0 Å². The van der Waals surface area contributed by atoms with E-state index in [1.54, 1.807) is 13.0 Å². The number of hydrogen-bond acceptors (Lipinski definition) is 3. The number of aliphatic carboxylic acids is 1. The van der Waals surface area contributed by atoms with Crippen LogP contribution in [0, 0.1) is 0 Å². The van der Waals surface area contributed by atoms with E-state index in [1.165, 1.54) is 6.42 Å². The van der Waals surface area contributed by atoms with E-state index in [0.717, 1.165) is 19.5 Å². The minimum atomic E-state index is -0.843. The summed E-state index contributed by atoms with van der Waals surface area (Å²) in [5.74, 6) is -0.843. The van der Waals surface area contributed by atoms with Crippen molar-refractivity contribution >= 4 is 5.97 Å². The summed E-state index contributed by atoms with van der Waals surface area (Å²) < 4.78 is 0. The zero-order chi connectivity index (χ0) is 11.7. The van der Waals surface area contributed by atoms with E-state index in [0.29, 0.717) is 12.1 Å². The number of nitrogens with one attached hydrogen (secondary N) is 1. The molecule has 0 spiro atoms. The smallest absolute Gasteiger partial charge is 0.330 e. The van der Waals surface area contributed by atoms with Crippen LogP contribution in [0.15, 0.2) is 11.6 Å². The average molecular weight is 214 g/mol. The predicted molar refractivity (Wildman–Crippen MR) is 62.1 cm³/mol. The molecule has 0 radical (unpaired) electrons. The van der Waals surface area contributed by atoms with Crippen molar-refractivity contribution in [2.24, 2.45) is 0 Å². The third kappa shape index (κ3) is 9.43. The number of carboxylic acid groups (broad SMARTS) is 1. The first kappa shape index (κ1) is 14.1. The number of unbranched alkanes of at least 4 members (excludes halogenated alkanes) is 1. The summed E-state index contributed by atoms with van der Waals surface area (Å²) in [6.07, 6.45) is 3.99. The summed E-state index contributed by atoms with van der Waals surface area (Å²) in [6.45, 7) is 4.29. The van der Waals surface area contributed by atoms with Crippen LogP contribution in [0.2, 0.25) is 0 Å². The highest BCUT2D eigenvalue weighted by atomic mass is 16.4. The van der Waals surface area contributed by atoms with Gasteiger partial charge in [-0.15, -0.1) is 0 Å². The number of hydrogen-bond donors (Lipinski definition) is 2. The van der Waals surface area contributed by atoms with Crippen molar-refractivity contribution in [3.8, 4) is 0 Å². The minimum absolute atomic E-state index is 0.399. The molecule has 0 aromatic rings. The van der Waals surface area contributed by atoms with Crippen LogP contribution in [0.4, 0.5) is 0 Å². The van der Waals surface area contributed by atoms with Gasteiger partial charge in [0.15, 0.2) is 0 Å². The van der Waals surface area contributed by atoms with Crippen molar-refractivity contribution in [2.75, 3.05) is 33.7 Å². The van der Waals surface area contributed by atoms with Crippen molar-refractivity contribution in [3.63, 3.8) is 0 Å². The summed E-state index contributed by atoms with van der Waals surface area (Å²) >= 11 is 0. The van der Waals surface area contributed by atoms with Crippen LogP contribution >= 0.6 is 0 Å². The molecule has 0 heterocycles. The SMILES string of the molecule is C/C(=C/CNCCCCN(C)C)C(=O)O. The van der Waals surface area contributed by atoms with Crippen LogP contribution in [0.1, 0.15) is 19.8 Å². The van der Waals surface area contributed by atoms with Gasteiger partial charge in [0.2, 0.25) is 0 Å². The van der Waals surface area contributed by atoms with Crippen molar-refractivity contribution in [2.45, 2.75) is 19.8 Å². The molecule has 0 amide bonds. The quantitative estimate of drug-likeness (QED) is 0.466. The van der Waals surface area contributed by atoms with Gasteiger partial charge in [0.25, 0.3) is 0 Å². The van der Waals surface area contributed by atoms with Crippen LogP contribution in [-0.4, -0.2) is 49.7 Å². The third-order valence-corrected chi connectivity index (χ3v) is 2.10. The molecule has 0 aliphatic rings. The molecule has 2 N–H and O–H groups in total. The van der Waals surface area contributed by atoms with Gasteiger partial charge in [0.1, 0.15) is 0 Å². The molecule has 0 saturated carbocycles. The fourth-order valence-corrected chi connectivity index (χ4v) is 1.09. The maximum atomic E-state index is 10.4. The highest BCUT2D eigenvalue weighted by molar-refractivity contribution is 5.85. The Morgan fingerprint density at radius 3 is 2.60 bits per heavy atom. The van der Waals surface area contributed by atoms with Crippen molar-refractivity contribution in [3.05, 3.63) is 11.6 Å². The molecule has 0 rings (SSSR count). The summed E-state index contributed by atoms with van der Waals surface area (Å²) in [7, 11) is 4.12. The van der Waals surface area contributed by atoms with Gasteiger partial charge in [0.05, 0.1) is 0 Å². The Balaban J connectivity index is 3.32. The molecule has 0 saturated heterocycles. The van der Waals surface area contributed by atoms with Gasteiger partial charge >= 0.3 is 5.97 Å². The summed E-state index contributed by atoms with van der Waals surface area (Å²) in [4.78, 5) is 12.6. The molecule has 4 heteroatoms. The Labute approximate surface area is 92.0 Å². The molecule has 0 bridgehead atoms. The summed E-state index contributed by atoms with van der Waals surface area (Å²) in [5, 5.41) is 11.8. The monoisotopic (exact) mass is 214 g/mol. The van der Waals surface area contributed by atoms with Gasteiger partial charge in [-0.3, -0.25) is 0 Å². The number of carboxylic acids is 1. The summed E-state index contributed by atoms with van der Waals surface area (Å²) in [5.41, 5.74) is 0.399. The Morgan fingerprint density at radius 2 is 2.07 bits per heavy atom. The van der Waals surface area contributed by atoms with Gasteiger partial charge in [-0.2, -0.15) is 0 Å². The zero-order valence-corrected chi connectivity index (χ0v) is 9.92. The van der Waals surface area contributed by atoms with E-state index >= 15 is 0 Å². The molecule has 0 unspecified atom stereocenters. The predicted octanol–water partition coefficient (Wildman–Crippen LogP) is 0.949. The first-order valence-electron chi connectivity index (χ1n) is 5.29. The molecule has 88 valence electrons. The van der Waals surface area contributed by atoms with Gasteiger partial charge in [0, 0.05) is 12.1 Å². The Bertz CT molecular complexity index is 213. The van der Waals surface area contributed by atoms with Crippen molar-refractivity contribution in [1.82, 2.24) is 10.2 Å². The van der Waals surface area contributed by atoms with E-state index in [1.807, 2.05) is 0 Å². The van der Waals surface area contributed by atoms with E-state index in [9.17, 15) is 4.79 Å². The van der Waals surface area contributed by atoms with Gasteiger partial charge in [-0.05, 0) is 47.0 Å². The van der Waals surface area contributed by atoms with Gasteiger partial charge in [-0.1, -0.05) is 6.08 Å². The molecule has 0 aliphatic heterocycles. The number of carbonyl (C=O) groups is 1. The Hall–Kier alpha value is -0.870. The first-order chi connectivity index (χ1) is 7.04. The second-order valence-corrected chi connectivity index (χ2v) is 3.91. The topological polar surface area (TPSA) is 52.6 Å². The molecule has 0 aromatic carbocycles. The Kier molecular flexibility index (Phi) is 7.95. The zero-order valence-electron chi connectivity index (χ0n) is 9.92. The van der Waals surface area contributed by atoms with Crippen LogP contribution in [0.3, 0.4) is 0 Å². The minimum Gasteiger partial charge on any atom is -0.478 e. The molecule has 15 heavy (non-hydrogen) atoms. The lowest BCUT2D eigenvalue weighted by atomic mass is 10.2. The molecular formula is C11H22N2O2. The molecule has 0 aliphatic carbocycles. The average Bonchev–Trinajstić information content (AvgIpc) is 2.15. The lowest BCUT2D eigenvalue weighted by Crippen LogP contribution is -2.18. The Morgan fingerprint density at radius 1 is 1.40 bits per heavy atom. The lowest BCUT2D eigenvalue weighted by molar-refractivity contribution is -0.132. The fraction of sp³-hybridized carbons (Fsp3) is 0.727. The number of nitrogens with zero attached hydrogens (tertiary/aromatic N) is 1. The van der Waals surface area contributed by atoms with E-state index < -0.39 is 5.97 Å². The van der Waals surface area contributed by atoms with E-state index in [-0.39, 0.29) is 0 Å². The van der Waals surface area contributed by atoms with Crippen LogP contribution in [-0.2, 0) is 4.79 Å². The van der Waals surface area contributed by atoms with E-state index in [2.05, 4.69) is 24.3 Å². The van der Waals surface area contributed by atoms with Crippen molar-refractivity contribution < 1.29 is 9.90 Å². The maximum absolute atomic E-state index is 10.4. The van der Waals surface area contributed by atoms with E-state index in [4.69, 9.17) is 5.11 Å². The third-order valence-electron chi connectivity index (χ3n) is 2.10. The lowest BCUT2D eigenvalue weighted by Gasteiger charge is -2.08. The maximum Gasteiger partial charge on any atom is 0.330 e. The first-order valence-corrected chi connectivity index (χ1v) is 5.29. The fourth-order valence-electron chi connectivity index (χ4n) is 1.09. The normalized spacial score (nSPS) is 12.1. The second kappa shape index (κ2) is 8.44. The van der Waals surface area contributed by atoms with Crippen LogP contribution in [0.25, 0.3) is 0 Å². The van der Waals surface area contributed by atoms with Crippen molar-refractivity contribution in [1.29, 1.82) is 0 Å². The standard InChI is InChI=1S/C11H22N2O2/c1-10(11(14)15)6-8-12-7-4-5-9-13(2)3/h6,12H,4-5,7-9H2,1-3H3,(H,14,15)/b10-6-. The molecule has 4 nitrogen and oxygen atoms in total. The van der Waals surface area contributed by atoms with Crippen LogP contribution < -0.4 is 5.32 Å². The molecular weight excluding hydrogens is 192 g/mol. The summed E-state index contributed by atoms with van der Waals surface area (Å²) in [6, 6.07) is 0.